The second-order valence-electron chi connectivity index (χ2n) is 5.54. The van der Waals surface area contributed by atoms with E-state index in [4.69, 9.17) is 9.84 Å². The zero-order valence-corrected chi connectivity index (χ0v) is 13.6. The summed E-state index contributed by atoms with van der Waals surface area (Å²) in [5, 5.41) is 9.76. The third-order valence-electron chi connectivity index (χ3n) is 3.74. The summed E-state index contributed by atoms with van der Waals surface area (Å²) in [6.07, 6.45) is 0.948. The van der Waals surface area contributed by atoms with Crippen LogP contribution in [0.25, 0.3) is 10.9 Å². The van der Waals surface area contributed by atoms with Crippen LogP contribution in [0.5, 0.6) is 0 Å². The number of carbonyl (C=O) groups is 1. The lowest BCUT2D eigenvalue weighted by Crippen LogP contribution is -2.25. The van der Waals surface area contributed by atoms with Gasteiger partial charge in [-0.1, -0.05) is 23.9 Å². The van der Waals surface area contributed by atoms with Crippen molar-refractivity contribution in [3.63, 3.8) is 0 Å². The molecule has 1 fully saturated rings. The number of carbonyl (C=O) groups excluding carboxylic acids is 1. The SMILES string of the molecule is C[C@H]1C[C@@H](Sc2nc3ccccc3c(=O)n2CCCO)C(=O)O1. The molecule has 1 aliphatic rings. The van der Waals surface area contributed by atoms with Gasteiger partial charge in [0.05, 0.1) is 10.9 Å². The Kier molecular flexibility index (Phi) is 4.68. The molecule has 1 aliphatic heterocycles. The van der Waals surface area contributed by atoms with Gasteiger partial charge in [0.25, 0.3) is 5.56 Å². The number of aromatic nitrogens is 2. The fraction of sp³-hybridized carbons (Fsp3) is 0.438. The molecule has 2 aromatic rings. The number of hydrogen-bond donors (Lipinski definition) is 1. The Morgan fingerprint density at radius 1 is 1.39 bits per heavy atom. The molecule has 2 atom stereocenters. The van der Waals surface area contributed by atoms with Crippen molar-refractivity contribution in [3.8, 4) is 0 Å². The monoisotopic (exact) mass is 334 g/mol. The van der Waals surface area contributed by atoms with E-state index in [-0.39, 0.29) is 29.5 Å². The summed E-state index contributed by atoms with van der Waals surface area (Å²) in [6, 6.07) is 7.14. The standard InChI is InChI=1S/C16H18N2O4S/c1-10-9-13(15(21)22-10)23-16-17-12-6-3-2-5-11(12)14(20)18(16)7-4-8-19/h2-3,5-6,10,13,19H,4,7-9H2,1H3/t10-,13+/m0/s1. The number of benzene rings is 1. The first-order valence-electron chi connectivity index (χ1n) is 7.57. The minimum atomic E-state index is -0.349. The molecule has 3 rings (SSSR count). The molecule has 0 bridgehead atoms. The van der Waals surface area contributed by atoms with Crippen molar-refractivity contribution < 1.29 is 14.6 Å². The van der Waals surface area contributed by atoms with Gasteiger partial charge in [0.15, 0.2) is 5.16 Å². The average molecular weight is 334 g/mol. The maximum absolute atomic E-state index is 12.7. The highest BCUT2D eigenvalue weighted by Crippen LogP contribution is 2.31. The van der Waals surface area contributed by atoms with Crippen LogP contribution in [0.4, 0.5) is 0 Å². The summed E-state index contributed by atoms with van der Waals surface area (Å²) < 4.78 is 6.71. The van der Waals surface area contributed by atoms with Crippen LogP contribution < -0.4 is 5.56 Å². The highest BCUT2D eigenvalue weighted by Gasteiger charge is 2.34. The van der Waals surface area contributed by atoms with Gasteiger partial charge in [0.2, 0.25) is 0 Å². The number of para-hydroxylation sites is 1. The molecule has 0 aliphatic carbocycles. The van der Waals surface area contributed by atoms with Crippen molar-refractivity contribution in [3.05, 3.63) is 34.6 Å². The number of fused-ring (bicyclic) bond motifs is 1. The first-order valence-corrected chi connectivity index (χ1v) is 8.45. The van der Waals surface area contributed by atoms with E-state index in [1.54, 1.807) is 22.8 Å². The van der Waals surface area contributed by atoms with E-state index in [1.807, 2.05) is 13.0 Å². The van der Waals surface area contributed by atoms with Crippen LogP contribution in [0, 0.1) is 0 Å². The number of hydrogen-bond acceptors (Lipinski definition) is 6. The predicted octanol–water partition coefficient (Wildman–Crippen LogP) is 1.57. The lowest BCUT2D eigenvalue weighted by molar-refractivity contribution is -0.140. The molecule has 23 heavy (non-hydrogen) atoms. The molecule has 0 unspecified atom stereocenters. The molecule has 0 saturated carbocycles. The summed E-state index contributed by atoms with van der Waals surface area (Å²) in [4.78, 5) is 29.1. The Hall–Kier alpha value is -1.86. The summed E-state index contributed by atoms with van der Waals surface area (Å²) in [5.41, 5.74) is 0.464. The quantitative estimate of drug-likeness (QED) is 0.660. The van der Waals surface area contributed by atoms with Gasteiger partial charge in [-0.3, -0.25) is 14.2 Å². The van der Waals surface area contributed by atoms with Crippen LogP contribution in [-0.4, -0.2) is 38.6 Å². The molecule has 0 spiro atoms. The van der Waals surface area contributed by atoms with Crippen molar-refractivity contribution in [2.75, 3.05) is 6.61 Å². The molecular formula is C16H18N2O4S. The number of thioether (sulfide) groups is 1. The lowest BCUT2D eigenvalue weighted by atomic mass is 10.2. The van der Waals surface area contributed by atoms with Crippen molar-refractivity contribution in [1.82, 2.24) is 9.55 Å². The van der Waals surface area contributed by atoms with Crippen molar-refractivity contribution in [2.24, 2.45) is 0 Å². The van der Waals surface area contributed by atoms with Crippen LogP contribution >= 0.6 is 11.8 Å². The normalized spacial score (nSPS) is 20.9. The highest BCUT2D eigenvalue weighted by molar-refractivity contribution is 8.00. The van der Waals surface area contributed by atoms with E-state index in [9.17, 15) is 9.59 Å². The number of nitrogens with zero attached hydrogens (tertiary/aromatic N) is 2. The van der Waals surface area contributed by atoms with Crippen LogP contribution in [0.3, 0.4) is 0 Å². The minimum Gasteiger partial charge on any atom is -0.462 e. The number of aliphatic hydroxyl groups is 1. The van der Waals surface area contributed by atoms with Gasteiger partial charge in [0, 0.05) is 19.6 Å². The first-order chi connectivity index (χ1) is 11.1. The van der Waals surface area contributed by atoms with Gasteiger partial charge in [-0.15, -0.1) is 0 Å². The number of rotatable bonds is 5. The van der Waals surface area contributed by atoms with Crippen LogP contribution in [0.1, 0.15) is 19.8 Å². The molecule has 122 valence electrons. The third-order valence-corrected chi connectivity index (χ3v) is 4.93. The topological polar surface area (TPSA) is 81.4 Å². The highest BCUT2D eigenvalue weighted by atomic mass is 32.2. The molecule has 1 saturated heterocycles. The average Bonchev–Trinajstić information content (AvgIpc) is 2.85. The summed E-state index contributed by atoms with van der Waals surface area (Å²) in [5.74, 6) is -0.265. The predicted molar refractivity (Wildman–Crippen MR) is 87.5 cm³/mol. The minimum absolute atomic E-state index is 0.00806. The molecule has 1 N–H and O–H groups in total. The van der Waals surface area contributed by atoms with Crippen LogP contribution in [0.15, 0.2) is 34.2 Å². The molecule has 6 nitrogen and oxygen atoms in total. The summed E-state index contributed by atoms with van der Waals surface area (Å²) in [6.45, 7) is 2.21. The van der Waals surface area contributed by atoms with Gasteiger partial charge < -0.3 is 9.84 Å². The Labute approximate surface area is 137 Å². The van der Waals surface area contributed by atoms with E-state index in [0.29, 0.717) is 35.4 Å². The Balaban J connectivity index is 2.03. The maximum atomic E-state index is 12.7. The zero-order chi connectivity index (χ0) is 16.4. The molecule has 1 aromatic heterocycles. The second kappa shape index (κ2) is 6.72. The van der Waals surface area contributed by atoms with Gasteiger partial charge in [-0.25, -0.2) is 4.98 Å². The third kappa shape index (κ3) is 3.25. The van der Waals surface area contributed by atoms with Gasteiger partial charge in [-0.05, 0) is 25.5 Å². The summed E-state index contributed by atoms with van der Waals surface area (Å²) in [7, 11) is 0. The van der Waals surface area contributed by atoms with E-state index < -0.39 is 0 Å². The Morgan fingerprint density at radius 3 is 2.87 bits per heavy atom. The van der Waals surface area contributed by atoms with Gasteiger partial charge in [-0.2, -0.15) is 0 Å². The summed E-state index contributed by atoms with van der Waals surface area (Å²) >= 11 is 1.26. The molecule has 0 amide bonds. The molecule has 0 radical (unpaired) electrons. The number of ether oxygens (including phenoxy) is 1. The van der Waals surface area contributed by atoms with Gasteiger partial charge >= 0.3 is 5.97 Å². The van der Waals surface area contributed by atoms with Gasteiger partial charge in [0.1, 0.15) is 11.4 Å². The van der Waals surface area contributed by atoms with Crippen LogP contribution in [-0.2, 0) is 16.1 Å². The molecular weight excluding hydrogens is 316 g/mol. The largest absolute Gasteiger partial charge is 0.462 e. The number of aliphatic hydroxyl groups excluding tert-OH is 1. The van der Waals surface area contributed by atoms with E-state index in [1.165, 1.54) is 11.8 Å². The van der Waals surface area contributed by atoms with E-state index in [2.05, 4.69) is 4.98 Å². The smallest absolute Gasteiger partial charge is 0.319 e. The zero-order valence-electron chi connectivity index (χ0n) is 12.8. The first kappa shape index (κ1) is 16.0. The van der Waals surface area contributed by atoms with Crippen molar-refractivity contribution in [1.29, 1.82) is 0 Å². The van der Waals surface area contributed by atoms with E-state index >= 15 is 0 Å². The molecule has 7 heteroatoms. The van der Waals surface area contributed by atoms with Crippen LogP contribution in [0.2, 0.25) is 0 Å². The molecule has 2 heterocycles. The number of esters is 1. The fourth-order valence-corrected chi connectivity index (χ4v) is 3.83. The number of cyclic esters (lactones) is 1. The van der Waals surface area contributed by atoms with Crippen molar-refractivity contribution in [2.45, 2.75) is 42.8 Å². The fourth-order valence-electron chi connectivity index (χ4n) is 2.61. The lowest BCUT2D eigenvalue weighted by Gasteiger charge is -2.14. The Bertz CT molecular complexity index is 789. The maximum Gasteiger partial charge on any atom is 0.319 e. The molecule has 1 aromatic carbocycles. The van der Waals surface area contributed by atoms with E-state index in [0.717, 1.165) is 0 Å². The van der Waals surface area contributed by atoms with Crippen molar-refractivity contribution >= 4 is 28.6 Å². The Morgan fingerprint density at radius 2 is 2.17 bits per heavy atom. The second-order valence-corrected chi connectivity index (χ2v) is 6.71.